The highest BCUT2D eigenvalue weighted by Crippen LogP contribution is 2.28. The van der Waals surface area contributed by atoms with Crippen LogP contribution in [-0.2, 0) is 36.0 Å². The second kappa shape index (κ2) is 10.2. The van der Waals surface area contributed by atoms with E-state index < -0.39 is 11.9 Å². The SMILES string of the molecule is Cc1nc(-c2nnn(C)c2Cn2nnc(CC3CCCC3)n2)ccc1C[C@H]1COC[C@H](C(=O)O)C1. The summed E-state index contributed by atoms with van der Waals surface area (Å²) in [4.78, 5) is 17.8. The summed E-state index contributed by atoms with van der Waals surface area (Å²) < 4.78 is 7.26. The molecule has 1 aliphatic carbocycles. The lowest BCUT2D eigenvalue weighted by Gasteiger charge is -2.27. The monoisotopic (exact) mass is 480 g/mol. The van der Waals surface area contributed by atoms with Crippen LogP contribution in [0.2, 0.25) is 0 Å². The summed E-state index contributed by atoms with van der Waals surface area (Å²) >= 11 is 0. The fourth-order valence-corrected chi connectivity index (χ4v) is 5.26. The van der Waals surface area contributed by atoms with Gasteiger partial charge in [0.1, 0.15) is 12.2 Å². The number of aryl methyl sites for hydroxylation is 2. The molecular formula is C24H32N8O3. The van der Waals surface area contributed by atoms with Crippen molar-refractivity contribution in [2.24, 2.45) is 24.8 Å². The molecule has 1 saturated heterocycles. The van der Waals surface area contributed by atoms with Crippen molar-refractivity contribution in [3.8, 4) is 11.4 Å². The van der Waals surface area contributed by atoms with E-state index >= 15 is 0 Å². The Labute approximate surface area is 203 Å². The zero-order valence-electron chi connectivity index (χ0n) is 20.3. The van der Waals surface area contributed by atoms with Crippen LogP contribution in [0.5, 0.6) is 0 Å². The summed E-state index contributed by atoms with van der Waals surface area (Å²) in [5.41, 5.74) is 4.29. The Bertz CT molecular complexity index is 1180. The normalized spacial score (nSPS) is 21.0. The summed E-state index contributed by atoms with van der Waals surface area (Å²) in [5.74, 6) is 0.404. The van der Waals surface area contributed by atoms with Crippen molar-refractivity contribution >= 4 is 5.97 Å². The number of carbonyl (C=O) groups is 1. The molecule has 1 aliphatic heterocycles. The fourth-order valence-electron chi connectivity index (χ4n) is 5.26. The molecule has 2 fully saturated rings. The van der Waals surface area contributed by atoms with Gasteiger partial charge in [-0.2, -0.15) is 4.80 Å². The molecule has 11 nitrogen and oxygen atoms in total. The van der Waals surface area contributed by atoms with Crippen molar-refractivity contribution in [3.05, 3.63) is 34.9 Å². The Balaban J connectivity index is 1.29. The second-order valence-electron chi connectivity index (χ2n) is 9.92. The van der Waals surface area contributed by atoms with E-state index in [0.29, 0.717) is 37.8 Å². The van der Waals surface area contributed by atoms with Crippen molar-refractivity contribution in [2.45, 2.75) is 58.4 Å². The van der Waals surface area contributed by atoms with Crippen molar-refractivity contribution in [2.75, 3.05) is 13.2 Å². The molecule has 186 valence electrons. The third-order valence-electron chi connectivity index (χ3n) is 7.26. The molecule has 5 rings (SSSR count). The Hall–Kier alpha value is -3.21. The topological polar surface area (TPSA) is 134 Å². The average molecular weight is 481 g/mol. The number of hydrogen-bond acceptors (Lipinski definition) is 8. The van der Waals surface area contributed by atoms with Crippen LogP contribution >= 0.6 is 0 Å². The first-order valence-corrected chi connectivity index (χ1v) is 12.4. The number of nitrogens with zero attached hydrogens (tertiary/aromatic N) is 8. The molecule has 1 N–H and O–H groups in total. The van der Waals surface area contributed by atoms with Gasteiger partial charge < -0.3 is 9.84 Å². The van der Waals surface area contributed by atoms with Gasteiger partial charge in [0.15, 0.2) is 5.82 Å². The van der Waals surface area contributed by atoms with Gasteiger partial charge in [0.25, 0.3) is 0 Å². The predicted octanol–water partition coefficient (Wildman–Crippen LogP) is 2.23. The Morgan fingerprint density at radius 1 is 1.11 bits per heavy atom. The van der Waals surface area contributed by atoms with Gasteiger partial charge >= 0.3 is 5.97 Å². The van der Waals surface area contributed by atoms with E-state index in [1.165, 1.54) is 25.7 Å². The van der Waals surface area contributed by atoms with Crippen LogP contribution in [0.25, 0.3) is 11.4 Å². The van der Waals surface area contributed by atoms with Crippen molar-refractivity contribution < 1.29 is 14.6 Å². The molecule has 3 aromatic heterocycles. The number of tetrazole rings is 1. The lowest BCUT2D eigenvalue weighted by molar-refractivity contribution is -0.147. The smallest absolute Gasteiger partial charge is 0.308 e. The zero-order chi connectivity index (χ0) is 24.4. The van der Waals surface area contributed by atoms with Crippen molar-refractivity contribution in [1.29, 1.82) is 0 Å². The van der Waals surface area contributed by atoms with Gasteiger partial charge in [0.05, 0.1) is 23.9 Å². The molecule has 2 aliphatic rings. The molecule has 4 heterocycles. The maximum atomic E-state index is 11.3. The highest BCUT2D eigenvalue weighted by molar-refractivity contribution is 5.70. The number of rotatable bonds is 8. The molecule has 0 aromatic carbocycles. The lowest BCUT2D eigenvalue weighted by atomic mass is 9.88. The van der Waals surface area contributed by atoms with Gasteiger partial charge in [-0.1, -0.05) is 37.0 Å². The Morgan fingerprint density at radius 3 is 2.71 bits per heavy atom. The molecule has 0 spiro atoms. The first kappa shape index (κ1) is 23.5. The second-order valence-corrected chi connectivity index (χ2v) is 9.92. The number of aliphatic carboxylic acids is 1. The van der Waals surface area contributed by atoms with Gasteiger partial charge in [-0.25, -0.2) is 4.68 Å². The third-order valence-corrected chi connectivity index (χ3v) is 7.26. The zero-order valence-corrected chi connectivity index (χ0v) is 20.3. The number of pyridine rings is 1. The minimum absolute atomic E-state index is 0.167. The van der Waals surface area contributed by atoms with E-state index in [1.54, 1.807) is 9.48 Å². The first-order chi connectivity index (χ1) is 17.0. The van der Waals surface area contributed by atoms with Crippen LogP contribution in [0.3, 0.4) is 0 Å². The van der Waals surface area contributed by atoms with Crippen LogP contribution in [-0.4, -0.2) is 64.5 Å². The maximum absolute atomic E-state index is 11.3. The molecule has 35 heavy (non-hydrogen) atoms. The standard InChI is InChI=1S/C24H32N8O3/c1-15-18(9-17-10-19(24(33)34)14-35-13-17)7-8-20(25-15)23-21(31(2)29-27-23)12-32-28-22(26-30-32)11-16-5-3-4-6-16/h7-8,16-17,19H,3-6,9-14H2,1-2H3,(H,33,34)/t17-,19-/m1/s1. The van der Waals surface area contributed by atoms with Crippen molar-refractivity contribution in [1.82, 2.24) is 40.2 Å². The Morgan fingerprint density at radius 2 is 1.94 bits per heavy atom. The Kier molecular flexibility index (Phi) is 6.85. The molecular weight excluding hydrogens is 448 g/mol. The largest absolute Gasteiger partial charge is 0.481 e. The predicted molar refractivity (Wildman–Crippen MR) is 125 cm³/mol. The molecule has 0 unspecified atom stereocenters. The molecule has 0 radical (unpaired) electrons. The van der Waals surface area contributed by atoms with E-state index in [9.17, 15) is 9.90 Å². The number of carboxylic acid groups (broad SMARTS) is 1. The van der Waals surface area contributed by atoms with Gasteiger partial charge in [0, 0.05) is 25.8 Å². The average Bonchev–Trinajstić information content (AvgIpc) is 3.59. The van der Waals surface area contributed by atoms with Gasteiger partial charge in [-0.3, -0.25) is 9.78 Å². The van der Waals surface area contributed by atoms with E-state index in [0.717, 1.165) is 41.3 Å². The van der Waals surface area contributed by atoms with Crippen LogP contribution in [0, 0.1) is 24.7 Å². The minimum atomic E-state index is -0.789. The summed E-state index contributed by atoms with van der Waals surface area (Å²) in [5, 5.41) is 31.0. The van der Waals surface area contributed by atoms with Crippen LogP contribution in [0.4, 0.5) is 0 Å². The van der Waals surface area contributed by atoms with Gasteiger partial charge in [-0.05, 0) is 48.4 Å². The van der Waals surface area contributed by atoms with E-state index in [2.05, 4.69) is 25.7 Å². The quantitative estimate of drug-likeness (QED) is 0.515. The molecule has 2 atom stereocenters. The first-order valence-electron chi connectivity index (χ1n) is 12.4. The highest BCUT2D eigenvalue weighted by Gasteiger charge is 2.28. The summed E-state index contributed by atoms with van der Waals surface area (Å²) in [6, 6.07) is 4.00. The summed E-state index contributed by atoms with van der Waals surface area (Å²) in [6.07, 6.45) is 7.34. The number of ether oxygens (including phenoxy) is 1. The summed E-state index contributed by atoms with van der Waals surface area (Å²) in [7, 11) is 1.85. The lowest BCUT2D eigenvalue weighted by Crippen LogP contribution is -2.31. The number of hydrogen-bond donors (Lipinski definition) is 1. The van der Waals surface area contributed by atoms with E-state index in [-0.39, 0.29) is 5.92 Å². The third kappa shape index (κ3) is 5.39. The minimum Gasteiger partial charge on any atom is -0.481 e. The molecule has 3 aromatic rings. The van der Waals surface area contributed by atoms with Gasteiger partial charge in [-0.15, -0.1) is 15.3 Å². The molecule has 0 bridgehead atoms. The van der Waals surface area contributed by atoms with E-state index in [1.807, 2.05) is 26.1 Å². The molecule has 1 saturated carbocycles. The van der Waals surface area contributed by atoms with Crippen molar-refractivity contribution in [3.63, 3.8) is 0 Å². The van der Waals surface area contributed by atoms with E-state index in [4.69, 9.17) is 9.72 Å². The highest BCUT2D eigenvalue weighted by atomic mass is 16.5. The van der Waals surface area contributed by atoms with Crippen LogP contribution in [0.15, 0.2) is 12.1 Å². The fraction of sp³-hybridized carbons (Fsp3) is 0.625. The van der Waals surface area contributed by atoms with Gasteiger partial charge in [0.2, 0.25) is 0 Å². The number of aromatic nitrogens is 8. The molecule has 0 amide bonds. The van der Waals surface area contributed by atoms with Crippen LogP contribution < -0.4 is 0 Å². The maximum Gasteiger partial charge on any atom is 0.308 e. The number of carboxylic acids is 1. The molecule has 11 heteroatoms. The van der Waals surface area contributed by atoms with Crippen LogP contribution in [0.1, 0.15) is 54.9 Å². The summed E-state index contributed by atoms with van der Waals surface area (Å²) in [6.45, 7) is 3.25.